The van der Waals surface area contributed by atoms with Crippen LogP contribution in [0.5, 0.6) is 0 Å². The number of carbonyl (C=O) groups is 3. The van der Waals surface area contributed by atoms with E-state index in [9.17, 15) is 67.1 Å². The molecule has 0 aromatic heterocycles. The molecule has 6 aromatic rings. The molecule has 0 saturated heterocycles. The third-order valence-electron chi connectivity index (χ3n) is 10.6. The number of rotatable bonds is 5. The van der Waals surface area contributed by atoms with Gasteiger partial charge >= 0.3 is 24.7 Å². The molecule has 0 unspecified atom stereocenters. The van der Waals surface area contributed by atoms with Crippen LogP contribution in [0.1, 0.15) is 58.9 Å². The minimum Gasteiger partial charge on any atom is -0.399 e. The van der Waals surface area contributed by atoms with Crippen LogP contribution >= 0.6 is 0 Å². The molecule has 8 rings (SSSR count). The highest BCUT2D eigenvalue weighted by Crippen LogP contribution is 2.47. The molecule has 4 N–H and O–H groups in total. The lowest BCUT2D eigenvalue weighted by Gasteiger charge is -2.22. The number of nitrogens with two attached hydrogens (primary N) is 2. The lowest BCUT2D eigenvalue weighted by molar-refractivity contribution is -0.139. The summed E-state index contributed by atoms with van der Waals surface area (Å²) in [4.78, 5) is 42.2. The summed E-state index contributed by atoms with van der Waals surface area (Å²) in [6.07, 6.45) is -20.6. The van der Waals surface area contributed by atoms with Crippen molar-refractivity contribution in [1.29, 1.82) is 0 Å². The fourth-order valence-corrected chi connectivity index (χ4v) is 7.74. The predicted molar refractivity (Wildman–Crippen MR) is 206 cm³/mol. The molecule has 6 aromatic carbocycles. The van der Waals surface area contributed by atoms with Crippen molar-refractivity contribution in [3.63, 3.8) is 0 Å². The van der Waals surface area contributed by atoms with Crippen LogP contribution in [0.3, 0.4) is 0 Å². The summed E-state index contributed by atoms with van der Waals surface area (Å²) in [7, 11) is 0. The Labute approximate surface area is 346 Å². The topological polar surface area (TPSA) is 110 Å². The van der Waals surface area contributed by atoms with Gasteiger partial charge in [-0.3, -0.25) is 14.4 Å². The van der Waals surface area contributed by atoms with Gasteiger partial charge in [0.2, 0.25) is 0 Å². The molecule has 7 nitrogen and oxygen atoms in total. The molecule has 63 heavy (non-hydrogen) atoms. The molecule has 2 aliphatic heterocycles. The van der Waals surface area contributed by atoms with Gasteiger partial charge in [0, 0.05) is 22.6 Å². The van der Waals surface area contributed by atoms with E-state index in [1.807, 2.05) is 0 Å². The van der Waals surface area contributed by atoms with E-state index in [1.165, 1.54) is 36.4 Å². The molecule has 0 fully saturated rings. The van der Waals surface area contributed by atoms with Gasteiger partial charge in [-0.1, -0.05) is 36.4 Å². The number of benzene rings is 6. The van der Waals surface area contributed by atoms with Crippen LogP contribution < -0.4 is 21.3 Å². The van der Waals surface area contributed by atoms with Gasteiger partial charge in [0.05, 0.1) is 45.6 Å². The molecule has 2 aliphatic rings. The Morgan fingerprint density at radius 1 is 0.381 bits per heavy atom. The number of anilines is 4. The second-order valence-corrected chi connectivity index (χ2v) is 14.5. The molecule has 0 atom stereocenters. The van der Waals surface area contributed by atoms with Gasteiger partial charge in [-0.2, -0.15) is 52.7 Å². The van der Waals surface area contributed by atoms with Gasteiger partial charge in [-0.15, -0.1) is 0 Å². The summed E-state index contributed by atoms with van der Waals surface area (Å²) in [5, 5.41) is 0. The van der Waals surface area contributed by atoms with Crippen molar-refractivity contribution in [1.82, 2.24) is 0 Å². The zero-order chi connectivity index (χ0) is 45.7. The number of carbonyl (C=O) groups excluding carboxylic acids is 3. The predicted octanol–water partition coefficient (Wildman–Crippen LogP) is 11.9. The fraction of sp³-hybridized carbons (Fsp3) is 0.114. The first-order valence-corrected chi connectivity index (χ1v) is 18.2. The zero-order valence-electron chi connectivity index (χ0n) is 31.4. The van der Waals surface area contributed by atoms with Crippen molar-refractivity contribution >= 4 is 40.5 Å². The van der Waals surface area contributed by atoms with Crippen LogP contribution in [0.15, 0.2) is 109 Å². The third-order valence-corrected chi connectivity index (χ3v) is 10.6. The Morgan fingerprint density at radius 2 is 0.762 bits per heavy atom. The van der Waals surface area contributed by atoms with Crippen molar-refractivity contribution < 1.29 is 67.1 Å². The Bertz CT molecular complexity index is 2940. The highest BCUT2D eigenvalue weighted by Gasteiger charge is 2.43. The van der Waals surface area contributed by atoms with Gasteiger partial charge in [0.1, 0.15) is 0 Å². The normalized spacial score (nSPS) is 14.4. The molecule has 0 aliphatic carbocycles. The van der Waals surface area contributed by atoms with E-state index in [0.29, 0.717) is 46.4 Å². The summed E-state index contributed by atoms with van der Waals surface area (Å²) in [5.41, 5.74) is 0.770. The lowest BCUT2D eigenvalue weighted by atomic mass is 9.93. The summed E-state index contributed by atoms with van der Waals surface area (Å²) >= 11 is 0. The number of hydrogen-bond donors (Lipinski definition) is 2. The summed E-state index contributed by atoms with van der Waals surface area (Å²) in [6, 6.07) is 17.2. The van der Waals surface area contributed by atoms with Crippen LogP contribution in [-0.2, 0) is 31.2 Å². The van der Waals surface area contributed by atoms with E-state index in [-0.39, 0.29) is 45.9 Å². The average Bonchev–Trinajstić information content (AvgIpc) is 3.66. The van der Waals surface area contributed by atoms with E-state index >= 15 is 0 Å². The summed E-state index contributed by atoms with van der Waals surface area (Å²) in [5.74, 6) is -2.83. The smallest absolute Gasteiger partial charge is 0.399 e. The zero-order valence-corrected chi connectivity index (χ0v) is 31.4. The molecule has 0 saturated carbocycles. The highest BCUT2D eigenvalue weighted by atomic mass is 19.4. The quantitative estimate of drug-likeness (QED) is 0.102. The Kier molecular flexibility index (Phi) is 9.68. The molecule has 2 heterocycles. The molecule has 0 bridgehead atoms. The van der Waals surface area contributed by atoms with Crippen LogP contribution in [0.4, 0.5) is 75.4 Å². The number of nitrogen functional groups attached to an aromatic ring is 2. The van der Waals surface area contributed by atoms with E-state index in [1.54, 1.807) is 0 Å². The number of fused-ring (bicyclic) bond motifs is 2. The Morgan fingerprint density at radius 3 is 1.25 bits per heavy atom. The first-order chi connectivity index (χ1) is 29.3. The van der Waals surface area contributed by atoms with Crippen LogP contribution in [0, 0.1) is 0 Å². The first kappa shape index (κ1) is 42.4. The van der Waals surface area contributed by atoms with Gasteiger partial charge < -0.3 is 16.4 Å². The molecule has 0 radical (unpaired) electrons. The molecule has 19 heteroatoms. The molecular formula is C44H24F12N4O3. The second kappa shape index (κ2) is 14.4. The van der Waals surface area contributed by atoms with Gasteiger partial charge in [-0.05, 0) is 112 Å². The van der Waals surface area contributed by atoms with Gasteiger partial charge in [0.25, 0.3) is 17.7 Å². The minimum absolute atomic E-state index is 0.0677. The number of imide groups is 1. The minimum atomic E-state index is -5.26. The second-order valence-electron chi connectivity index (χ2n) is 14.5. The van der Waals surface area contributed by atoms with Crippen LogP contribution in [-0.4, -0.2) is 17.7 Å². The monoisotopic (exact) mass is 884 g/mol. The lowest BCUT2D eigenvalue weighted by Crippen LogP contribution is -2.29. The standard InChI is InChI=1S/C44H24F12N4O3/c45-41(46,47)34-15-23(57)3-9-28(34)30-11-5-25(17-36(30)43(51,52)53)59-19-22-13-20(1-7-27(22)38(59)61)21-2-8-32-33(14-21)40(63)60(39(32)62)26-6-12-31(37(18-26)44(54,55)56)29-10-4-24(58)16-35(29)42(48,49)50/h1-18H,19,57-58H2. The third kappa shape index (κ3) is 7.46. The van der Waals surface area contributed by atoms with Crippen molar-refractivity contribution in [2.75, 3.05) is 21.3 Å². The van der Waals surface area contributed by atoms with Crippen molar-refractivity contribution in [2.45, 2.75) is 31.2 Å². The Hall–Kier alpha value is -7.31. The maximum absolute atomic E-state index is 14.4. The molecule has 322 valence electrons. The highest BCUT2D eigenvalue weighted by molar-refractivity contribution is 6.34. The van der Waals surface area contributed by atoms with Crippen molar-refractivity contribution in [3.8, 4) is 33.4 Å². The van der Waals surface area contributed by atoms with Gasteiger partial charge in [-0.25, -0.2) is 4.90 Å². The van der Waals surface area contributed by atoms with Crippen LogP contribution in [0.25, 0.3) is 33.4 Å². The number of amides is 3. The molecular weight excluding hydrogens is 860 g/mol. The maximum Gasteiger partial charge on any atom is 0.417 e. The van der Waals surface area contributed by atoms with Crippen LogP contribution in [0.2, 0.25) is 0 Å². The average molecular weight is 885 g/mol. The maximum atomic E-state index is 14.4. The number of hydrogen-bond acceptors (Lipinski definition) is 5. The fourth-order valence-electron chi connectivity index (χ4n) is 7.74. The summed E-state index contributed by atoms with van der Waals surface area (Å²) < 4.78 is 170. The molecule has 0 spiro atoms. The van der Waals surface area contributed by atoms with E-state index in [0.717, 1.165) is 47.4 Å². The number of nitrogens with zero attached hydrogens (tertiary/aromatic N) is 2. The first-order valence-electron chi connectivity index (χ1n) is 18.2. The number of alkyl halides is 12. The van der Waals surface area contributed by atoms with Crippen molar-refractivity contribution in [3.05, 3.63) is 154 Å². The number of halogens is 12. The molecule has 3 amide bonds. The van der Waals surface area contributed by atoms with E-state index in [4.69, 9.17) is 11.5 Å². The Balaban J connectivity index is 1.10. The van der Waals surface area contributed by atoms with E-state index in [2.05, 4.69) is 0 Å². The largest absolute Gasteiger partial charge is 0.417 e. The summed E-state index contributed by atoms with van der Waals surface area (Å²) in [6.45, 7) is -0.289. The van der Waals surface area contributed by atoms with Crippen molar-refractivity contribution in [2.24, 2.45) is 0 Å². The SMILES string of the molecule is Nc1ccc(-c2ccc(N3Cc4cc(-c5ccc6c(c5)C(=O)N(c5ccc(-c7ccc(N)cc7C(F)(F)F)c(C(F)(F)F)c5)C6=O)ccc4C3=O)cc2C(F)(F)F)c(C(F)(F)F)c1. The van der Waals surface area contributed by atoms with Gasteiger partial charge in [0.15, 0.2) is 0 Å². The van der Waals surface area contributed by atoms with E-state index < -0.39 is 92.6 Å².